The average molecular weight is 333 g/mol. The summed E-state index contributed by atoms with van der Waals surface area (Å²) in [6.07, 6.45) is 3.45. The van der Waals surface area contributed by atoms with Gasteiger partial charge in [0.15, 0.2) is 0 Å². The van der Waals surface area contributed by atoms with Crippen LogP contribution in [0.1, 0.15) is 26.5 Å². The number of pyridine rings is 1. The molecule has 2 heterocycles. The van der Waals surface area contributed by atoms with Crippen molar-refractivity contribution in [2.75, 3.05) is 0 Å². The Morgan fingerprint density at radius 1 is 1.39 bits per heavy atom. The number of hydrogen-bond donors (Lipinski definition) is 2. The first-order valence-electron chi connectivity index (χ1n) is 7.14. The van der Waals surface area contributed by atoms with E-state index in [-0.39, 0.29) is 12.3 Å². The van der Waals surface area contributed by atoms with Crippen LogP contribution >= 0.6 is 11.3 Å². The number of thiazole rings is 1. The van der Waals surface area contributed by atoms with Gasteiger partial charge in [-0.05, 0) is 17.5 Å². The third kappa shape index (κ3) is 4.59. The third-order valence-electron chi connectivity index (χ3n) is 3.22. The van der Waals surface area contributed by atoms with Crippen LogP contribution in [-0.4, -0.2) is 33.0 Å². The highest BCUT2D eigenvalue weighted by atomic mass is 32.1. The van der Waals surface area contributed by atoms with Gasteiger partial charge in [0.1, 0.15) is 11.0 Å². The highest BCUT2D eigenvalue weighted by Gasteiger charge is 2.32. The first-order chi connectivity index (χ1) is 10.8. The minimum atomic E-state index is -1.04. The van der Waals surface area contributed by atoms with Gasteiger partial charge in [0, 0.05) is 23.3 Å². The van der Waals surface area contributed by atoms with E-state index in [2.05, 4.69) is 15.3 Å². The van der Waals surface area contributed by atoms with Gasteiger partial charge in [0.05, 0.1) is 12.1 Å². The number of carboxylic acids is 1. The zero-order chi connectivity index (χ0) is 17.0. The van der Waals surface area contributed by atoms with E-state index in [0.717, 1.165) is 10.6 Å². The quantitative estimate of drug-likeness (QED) is 0.876. The predicted octanol–water partition coefficient (Wildman–Crippen LogP) is 2.36. The van der Waals surface area contributed by atoms with Crippen LogP contribution < -0.4 is 5.32 Å². The molecule has 0 spiro atoms. The van der Waals surface area contributed by atoms with Crippen molar-refractivity contribution in [3.8, 4) is 10.6 Å². The van der Waals surface area contributed by atoms with Gasteiger partial charge in [0.25, 0.3) is 0 Å². The Bertz CT molecular complexity index is 692. The van der Waals surface area contributed by atoms with Gasteiger partial charge < -0.3 is 10.4 Å². The number of aliphatic carboxylic acids is 1. The Morgan fingerprint density at radius 3 is 2.70 bits per heavy atom. The fourth-order valence-electron chi connectivity index (χ4n) is 2.04. The summed E-state index contributed by atoms with van der Waals surface area (Å²) >= 11 is 1.43. The van der Waals surface area contributed by atoms with Crippen molar-refractivity contribution in [1.82, 2.24) is 15.3 Å². The molecule has 6 nitrogen and oxygen atoms in total. The standard InChI is InChI=1S/C16H19N3O3S/c1-16(2,3)13(15(21)22)19-12(20)7-11-9-23-14(18-11)10-5-4-6-17-8-10/h4-6,8-9,13H,7H2,1-3H3,(H,19,20)(H,21,22)/t13-/m0/s1. The Balaban J connectivity index is 2.04. The second kappa shape index (κ2) is 6.87. The van der Waals surface area contributed by atoms with Crippen molar-refractivity contribution in [2.45, 2.75) is 33.2 Å². The van der Waals surface area contributed by atoms with Crippen LogP contribution in [0.25, 0.3) is 10.6 Å². The second-order valence-electron chi connectivity index (χ2n) is 6.27. The van der Waals surface area contributed by atoms with Gasteiger partial charge >= 0.3 is 5.97 Å². The molecule has 0 aliphatic rings. The fourth-order valence-corrected chi connectivity index (χ4v) is 2.85. The molecule has 0 aliphatic heterocycles. The number of rotatable bonds is 5. The van der Waals surface area contributed by atoms with Gasteiger partial charge in [-0.25, -0.2) is 9.78 Å². The molecule has 1 amide bonds. The van der Waals surface area contributed by atoms with Gasteiger partial charge in [-0.2, -0.15) is 0 Å². The van der Waals surface area contributed by atoms with Crippen LogP contribution in [0.4, 0.5) is 0 Å². The molecule has 0 unspecified atom stereocenters. The van der Waals surface area contributed by atoms with E-state index >= 15 is 0 Å². The van der Waals surface area contributed by atoms with E-state index in [1.807, 2.05) is 12.1 Å². The molecular weight excluding hydrogens is 314 g/mol. The van der Waals surface area contributed by atoms with Crippen LogP contribution in [0.3, 0.4) is 0 Å². The summed E-state index contributed by atoms with van der Waals surface area (Å²) in [6.45, 7) is 5.32. The highest BCUT2D eigenvalue weighted by Crippen LogP contribution is 2.23. The monoisotopic (exact) mass is 333 g/mol. The molecule has 0 aliphatic carbocycles. The summed E-state index contributed by atoms with van der Waals surface area (Å²) in [4.78, 5) is 31.8. The number of hydrogen-bond acceptors (Lipinski definition) is 5. The minimum absolute atomic E-state index is 0.0522. The number of carbonyl (C=O) groups is 2. The largest absolute Gasteiger partial charge is 0.480 e. The number of carbonyl (C=O) groups excluding carboxylic acids is 1. The zero-order valence-electron chi connectivity index (χ0n) is 13.2. The molecule has 2 aromatic heterocycles. The molecule has 0 fully saturated rings. The summed E-state index contributed by atoms with van der Waals surface area (Å²) in [5.41, 5.74) is 0.941. The normalized spacial score (nSPS) is 12.7. The zero-order valence-corrected chi connectivity index (χ0v) is 14.1. The van der Waals surface area contributed by atoms with Gasteiger partial charge in [-0.15, -0.1) is 11.3 Å². The first kappa shape index (κ1) is 17.1. The summed E-state index contributed by atoms with van der Waals surface area (Å²) in [7, 11) is 0. The summed E-state index contributed by atoms with van der Waals surface area (Å²) in [5, 5.41) is 14.4. The van der Waals surface area contributed by atoms with E-state index in [1.54, 1.807) is 38.5 Å². The molecule has 23 heavy (non-hydrogen) atoms. The minimum Gasteiger partial charge on any atom is -0.480 e. The van der Waals surface area contributed by atoms with Crippen LogP contribution in [0.2, 0.25) is 0 Å². The van der Waals surface area contributed by atoms with Crippen molar-refractivity contribution in [3.05, 3.63) is 35.6 Å². The van der Waals surface area contributed by atoms with Crippen LogP contribution in [0.5, 0.6) is 0 Å². The van der Waals surface area contributed by atoms with Gasteiger partial charge in [0.2, 0.25) is 5.91 Å². The van der Waals surface area contributed by atoms with Crippen molar-refractivity contribution >= 4 is 23.2 Å². The van der Waals surface area contributed by atoms with Crippen LogP contribution in [0.15, 0.2) is 29.9 Å². The van der Waals surface area contributed by atoms with E-state index in [1.165, 1.54) is 11.3 Å². The Labute approximate surface area is 138 Å². The summed E-state index contributed by atoms with van der Waals surface area (Å²) < 4.78 is 0. The molecule has 0 aromatic carbocycles. The molecule has 0 saturated carbocycles. The van der Waals surface area contributed by atoms with E-state index < -0.39 is 17.4 Å². The lowest BCUT2D eigenvalue weighted by Crippen LogP contribution is -2.49. The molecule has 0 saturated heterocycles. The average Bonchev–Trinajstić information content (AvgIpc) is 2.92. The number of nitrogens with one attached hydrogen (secondary N) is 1. The maximum Gasteiger partial charge on any atom is 0.326 e. The van der Waals surface area contributed by atoms with Crippen molar-refractivity contribution in [2.24, 2.45) is 5.41 Å². The lowest BCUT2D eigenvalue weighted by Gasteiger charge is -2.27. The topological polar surface area (TPSA) is 92.2 Å². The molecule has 2 N–H and O–H groups in total. The molecule has 0 bridgehead atoms. The predicted molar refractivity (Wildman–Crippen MR) is 88.1 cm³/mol. The van der Waals surface area contributed by atoms with Gasteiger partial charge in [-0.3, -0.25) is 9.78 Å². The third-order valence-corrected chi connectivity index (χ3v) is 4.16. The van der Waals surface area contributed by atoms with Crippen molar-refractivity contribution in [1.29, 1.82) is 0 Å². The van der Waals surface area contributed by atoms with E-state index in [0.29, 0.717) is 5.69 Å². The molecule has 1 atom stereocenters. The fraction of sp³-hybridized carbons (Fsp3) is 0.375. The summed E-state index contributed by atoms with van der Waals surface area (Å²) in [6, 6.07) is 2.78. The number of aromatic nitrogens is 2. The highest BCUT2D eigenvalue weighted by molar-refractivity contribution is 7.13. The number of carboxylic acid groups (broad SMARTS) is 1. The SMILES string of the molecule is CC(C)(C)[C@@H](NC(=O)Cc1csc(-c2cccnc2)n1)C(=O)O. The Morgan fingerprint density at radius 2 is 2.13 bits per heavy atom. The molecule has 2 rings (SSSR count). The number of amides is 1. The second-order valence-corrected chi connectivity index (χ2v) is 7.13. The van der Waals surface area contributed by atoms with Crippen LogP contribution in [0, 0.1) is 5.41 Å². The molecule has 0 radical (unpaired) electrons. The maximum atomic E-state index is 12.1. The molecule has 2 aromatic rings. The van der Waals surface area contributed by atoms with E-state index in [9.17, 15) is 14.7 Å². The first-order valence-corrected chi connectivity index (χ1v) is 8.02. The van der Waals surface area contributed by atoms with Crippen molar-refractivity contribution < 1.29 is 14.7 Å². The van der Waals surface area contributed by atoms with Crippen molar-refractivity contribution in [3.63, 3.8) is 0 Å². The van der Waals surface area contributed by atoms with E-state index in [4.69, 9.17) is 0 Å². The molecular formula is C16H19N3O3S. The van der Waals surface area contributed by atoms with Gasteiger partial charge in [-0.1, -0.05) is 20.8 Å². The maximum absolute atomic E-state index is 12.1. The Kier molecular flexibility index (Phi) is 5.10. The molecule has 122 valence electrons. The molecule has 7 heteroatoms. The summed E-state index contributed by atoms with van der Waals surface area (Å²) in [5.74, 6) is -1.39. The smallest absolute Gasteiger partial charge is 0.326 e. The lowest BCUT2D eigenvalue weighted by atomic mass is 9.86. The van der Waals surface area contributed by atoms with Crippen LogP contribution in [-0.2, 0) is 16.0 Å². The number of nitrogens with zero attached hydrogens (tertiary/aromatic N) is 2. The Hall–Kier alpha value is -2.28. The lowest BCUT2D eigenvalue weighted by molar-refractivity contribution is -0.144.